The van der Waals surface area contributed by atoms with Crippen molar-refractivity contribution in [2.75, 3.05) is 13.6 Å². The highest BCUT2D eigenvalue weighted by Crippen LogP contribution is 2.57. The fourth-order valence-corrected chi connectivity index (χ4v) is 21.6. The monoisotopic (exact) mass is 1380 g/mol. The van der Waals surface area contributed by atoms with Crippen molar-refractivity contribution in [1.29, 1.82) is 0 Å². The number of carbonyl (C=O) groups excluding carboxylic acids is 1. The van der Waals surface area contributed by atoms with Gasteiger partial charge in [-0.15, -0.1) is 70.6 Å². The zero-order valence-corrected chi connectivity index (χ0v) is 59.5. The second kappa shape index (κ2) is 36.7. The number of ether oxygens (including phenoxy) is 1. The molecule has 0 saturated heterocycles. The Kier molecular flexibility index (Phi) is 28.4. The Balaban J connectivity index is 1.24. The summed E-state index contributed by atoms with van der Waals surface area (Å²) in [7, 11) is 1.74. The molecule has 9 rings (SSSR count). The van der Waals surface area contributed by atoms with Gasteiger partial charge in [-0.05, 0) is 62.5 Å². The molecule has 1 amide bonds. The zero-order valence-electron chi connectivity index (χ0n) is 53.7. The van der Waals surface area contributed by atoms with Crippen LogP contribution in [0.1, 0.15) is 77.3 Å². The largest absolute Gasteiger partial charge is 0.442 e. The standard InChI is InChI=1S/C78H88N4O5S7/c1-75(2,3)57-80-74(86)87-67(50-68(88)76(64-44-26-11-27-45-64,65-46-28-12-29-47-65)66-48-30-13-31-49-66)71(83)81-70(78(92-54-61-38-20-8-21-39-61,93-55-62-40-22-9-23-41-62)94-56-63-42-24-10-25-43-63)73(85)82-69(72(84)79-4)77(89-51-58-32-14-5-15-33-58,90-52-59-34-16-6-17-35-59)91-53-60-36-18-7-19-37-60/h5-49,67-73,79,81-85,88H,50-57H2,1-4H3,(H,80,86)/t67-,68-,69-,70-,71-,72-,73-/m0/s1. The van der Waals surface area contributed by atoms with Crippen molar-refractivity contribution < 1.29 is 24.9 Å². The summed E-state index contributed by atoms with van der Waals surface area (Å²) in [6, 6.07) is 90.9. The molecule has 0 spiro atoms. The van der Waals surface area contributed by atoms with E-state index in [9.17, 15) is 20.1 Å². The number of hydrogen-bond acceptors (Lipinski definition) is 15. The van der Waals surface area contributed by atoms with Gasteiger partial charge in [-0.3, -0.25) is 16.0 Å². The van der Waals surface area contributed by atoms with Gasteiger partial charge < -0.3 is 25.4 Å². The molecule has 0 unspecified atom stereocenters. The van der Waals surface area contributed by atoms with E-state index in [0.717, 1.165) is 50.1 Å². The molecule has 0 aliphatic rings. The lowest BCUT2D eigenvalue weighted by Crippen LogP contribution is -2.67. The molecule has 0 aromatic heterocycles. The Morgan fingerprint density at radius 1 is 0.404 bits per heavy atom. The highest BCUT2D eigenvalue weighted by molar-refractivity contribution is 8.33. The van der Waals surface area contributed by atoms with Crippen molar-refractivity contribution >= 4 is 89.3 Å². The van der Waals surface area contributed by atoms with E-state index in [0.29, 0.717) is 41.1 Å². The molecular formula is C78H88N4O5S7. The number of thioether (sulfide) groups is 6. The van der Waals surface area contributed by atoms with Crippen LogP contribution in [-0.2, 0) is 44.7 Å². The third kappa shape index (κ3) is 20.7. The van der Waals surface area contributed by atoms with Crippen molar-refractivity contribution in [3.05, 3.63) is 323 Å². The van der Waals surface area contributed by atoms with Crippen LogP contribution in [0.3, 0.4) is 0 Å². The van der Waals surface area contributed by atoms with Crippen LogP contribution in [0.25, 0.3) is 0 Å². The van der Waals surface area contributed by atoms with E-state index in [1.165, 1.54) is 0 Å². The highest BCUT2D eigenvalue weighted by Gasteiger charge is 2.52. The van der Waals surface area contributed by atoms with Gasteiger partial charge in [-0.1, -0.05) is 294 Å². The van der Waals surface area contributed by atoms with Crippen LogP contribution < -0.4 is 21.3 Å². The molecule has 0 bridgehead atoms. The molecule has 0 aliphatic heterocycles. The van der Waals surface area contributed by atoms with Gasteiger partial charge in [0.05, 0.1) is 17.5 Å². The Hall–Kier alpha value is -5.54. The molecule has 0 saturated carbocycles. The van der Waals surface area contributed by atoms with Crippen LogP contribution in [-0.4, -0.2) is 83.9 Å². The molecule has 7 atom stereocenters. The van der Waals surface area contributed by atoms with Gasteiger partial charge in [0.1, 0.15) is 31.6 Å². The molecule has 94 heavy (non-hydrogen) atoms. The van der Waals surface area contributed by atoms with Crippen molar-refractivity contribution in [3.8, 4) is 0 Å². The fourth-order valence-electron chi connectivity index (χ4n) is 11.2. The van der Waals surface area contributed by atoms with Gasteiger partial charge in [-0.25, -0.2) is 4.79 Å². The van der Waals surface area contributed by atoms with Crippen LogP contribution in [0.15, 0.2) is 273 Å². The Morgan fingerprint density at radius 2 is 0.660 bits per heavy atom. The lowest BCUT2D eigenvalue weighted by molar-refractivity contribution is -0.0417. The minimum Gasteiger partial charge on any atom is -0.442 e. The minimum atomic E-state index is -1.65. The molecule has 0 aliphatic carbocycles. The molecule has 9 nitrogen and oxygen atoms in total. The van der Waals surface area contributed by atoms with Crippen molar-refractivity contribution in [2.45, 2.75) is 116 Å². The molecule has 9 aromatic carbocycles. The number of carbonyl (C=O) groups is 1. The van der Waals surface area contributed by atoms with Gasteiger partial charge in [0.2, 0.25) is 0 Å². The van der Waals surface area contributed by atoms with Crippen molar-refractivity contribution in [1.82, 2.24) is 21.3 Å². The summed E-state index contributed by atoms with van der Waals surface area (Å²) in [6.07, 6.45) is -6.38. The smallest absolute Gasteiger partial charge is 0.407 e. The number of likely N-dealkylation sites (N-methyl/N-ethyl adjacent to an activating group) is 1. The topological polar surface area (TPSA) is 135 Å². The van der Waals surface area contributed by atoms with Crippen LogP contribution in [0.5, 0.6) is 0 Å². The lowest BCUT2D eigenvalue weighted by Gasteiger charge is -2.48. The van der Waals surface area contributed by atoms with Gasteiger partial charge in [0, 0.05) is 52.7 Å². The molecule has 0 fully saturated rings. The first-order chi connectivity index (χ1) is 45.7. The predicted octanol–water partition coefficient (Wildman–Crippen LogP) is 16.8. The summed E-state index contributed by atoms with van der Waals surface area (Å²) in [5.74, 6) is 3.32. The van der Waals surface area contributed by atoms with E-state index in [1.54, 1.807) is 77.6 Å². The van der Waals surface area contributed by atoms with E-state index in [-0.39, 0.29) is 11.8 Å². The zero-order chi connectivity index (χ0) is 66.1. The molecule has 9 aromatic rings. The van der Waals surface area contributed by atoms with Crippen LogP contribution in [0.2, 0.25) is 0 Å². The number of benzene rings is 9. The highest BCUT2D eigenvalue weighted by atomic mass is 32.3. The van der Waals surface area contributed by atoms with Gasteiger partial charge in [-0.2, -0.15) is 12.6 Å². The summed E-state index contributed by atoms with van der Waals surface area (Å²) in [5, 5.41) is 54.3. The van der Waals surface area contributed by atoms with Crippen molar-refractivity contribution in [2.24, 2.45) is 5.41 Å². The first kappa shape index (κ1) is 72.7. The van der Waals surface area contributed by atoms with E-state index in [4.69, 9.17) is 17.4 Å². The average molecular weight is 1390 g/mol. The predicted molar refractivity (Wildman–Crippen MR) is 407 cm³/mol. The molecule has 7 N–H and O–H groups in total. The number of rotatable bonds is 36. The number of thiol groups is 1. The van der Waals surface area contributed by atoms with Gasteiger partial charge in [0.25, 0.3) is 0 Å². The number of hydrogen-bond donors (Lipinski definition) is 8. The second-order valence-corrected chi connectivity index (χ2v) is 33.8. The SMILES string of the molecule is CN[C@@H](O)[C@H](N[C@@H](O)[C@H](N[C@@H](O)[C@H](C[C@H](S)C(c1ccccc1)(c1ccccc1)c1ccccc1)OC(=O)NCC(C)(C)C)C(SCc1ccccc1)(SCc1ccccc1)SCc1ccccc1)C(SCc1ccccc1)(SCc1ccccc1)SCc1ccccc1. The molecule has 0 radical (unpaired) electrons. The quantitative estimate of drug-likeness (QED) is 0.0108. The summed E-state index contributed by atoms with van der Waals surface area (Å²) in [6.45, 7) is 6.42. The summed E-state index contributed by atoms with van der Waals surface area (Å²) < 4.78 is 4.65. The first-order valence-corrected chi connectivity index (χ1v) is 38.2. The van der Waals surface area contributed by atoms with E-state index in [2.05, 4.69) is 130 Å². The second-order valence-electron chi connectivity index (χ2n) is 24.3. The van der Waals surface area contributed by atoms with E-state index < -0.39 is 60.5 Å². The van der Waals surface area contributed by atoms with Crippen LogP contribution in [0, 0.1) is 5.41 Å². The summed E-state index contributed by atoms with van der Waals surface area (Å²) in [4.78, 5) is 14.7. The molecular weight excluding hydrogens is 1300 g/mol. The fraction of sp³-hybridized carbons (Fsp3) is 0.295. The number of aliphatic hydroxyl groups is 3. The van der Waals surface area contributed by atoms with Crippen LogP contribution >= 0.6 is 83.2 Å². The molecule has 0 heterocycles. The lowest BCUT2D eigenvalue weighted by atomic mass is 9.66. The maximum atomic E-state index is 14.7. The number of nitrogens with one attached hydrogen (secondary N) is 4. The third-order valence-electron chi connectivity index (χ3n) is 16.1. The van der Waals surface area contributed by atoms with Crippen molar-refractivity contribution in [3.63, 3.8) is 0 Å². The van der Waals surface area contributed by atoms with E-state index in [1.807, 2.05) is 185 Å². The maximum absolute atomic E-state index is 14.7. The first-order valence-electron chi connectivity index (χ1n) is 31.8. The Morgan fingerprint density at radius 3 is 0.926 bits per heavy atom. The molecule has 492 valence electrons. The van der Waals surface area contributed by atoms with Gasteiger partial charge in [0.15, 0.2) is 0 Å². The molecule has 16 heteroatoms. The third-order valence-corrected chi connectivity index (χ3v) is 27.7. The Labute approximate surface area is 588 Å². The summed E-state index contributed by atoms with van der Waals surface area (Å²) >= 11 is 15.9. The van der Waals surface area contributed by atoms with Gasteiger partial charge >= 0.3 is 6.09 Å². The van der Waals surface area contributed by atoms with Crippen LogP contribution in [0.4, 0.5) is 4.79 Å². The summed E-state index contributed by atoms with van der Waals surface area (Å²) in [5.41, 5.74) is 8.19. The normalized spacial score (nSPS) is 14.4. The number of alkyl carbamates (subject to hydrolysis) is 1. The maximum Gasteiger partial charge on any atom is 0.407 e. The number of aliphatic hydroxyl groups excluding tert-OH is 3. The Bertz CT molecular complexity index is 3270. The minimum absolute atomic E-state index is 0.0280. The number of amides is 1. The average Bonchev–Trinajstić information content (AvgIpc) is 0.748. The van der Waals surface area contributed by atoms with E-state index >= 15 is 0 Å².